The SMILES string of the molecule is CC(C)C[C@H](NC(=O)CNC(=O)[C@@H]1CCCN1C(=O)[C@@H](N)C(C)C)C(=O)NCC(=O)N[C@@H](C)C(=O)NCC(=O)O. The zero-order valence-electron chi connectivity index (χ0n) is 23.7. The third-order valence-electron chi connectivity index (χ3n) is 6.23. The average molecular weight is 570 g/mol. The molecule has 1 heterocycles. The van der Waals surface area contributed by atoms with Gasteiger partial charge in [-0.1, -0.05) is 27.7 Å². The van der Waals surface area contributed by atoms with Gasteiger partial charge in [0.2, 0.25) is 35.4 Å². The molecule has 4 atom stereocenters. The zero-order valence-corrected chi connectivity index (χ0v) is 23.7. The number of nitrogens with one attached hydrogen (secondary N) is 5. The van der Waals surface area contributed by atoms with E-state index in [4.69, 9.17) is 10.8 Å². The smallest absolute Gasteiger partial charge is 0.322 e. The van der Waals surface area contributed by atoms with Gasteiger partial charge in [-0.2, -0.15) is 0 Å². The van der Waals surface area contributed by atoms with Crippen LogP contribution in [0.25, 0.3) is 0 Å². The third kappa shape index (κ3) is 11.6. The Morgan fingerprint density at radius 3 is 2.00 bits per heavy atom. The maximum Gasteiger partial charge on any atom is 0.322 e. The lowest BCUT2D eigenvalue weighted by atomic mass is 10.0. The molecule has 40 heavy (non-hydrogen) atoms. The standard InChI is InChI=1S/C25H43N7O8/c1-13(2)9-16(23(38)27-10-18(33)30-15(5)22(37)29-12-20(35)36)31-19(34)11-28-24(39)17-7-6-8-32(17)25(40)21(26)14(3)4/h13-17,21H,6-12,26H2,1-5H3,(H,27,38)(H,28,39)(H,29,37)(H,30,33)(H,31,34)(H,35,36)/t15-,16-,17-,21-/m0/s1. The second-order valence-electron chi connectivity index (χ2n) is 10.5. The Labute approximate surface area is 233 Å². The maximum absolute atomic E-state index is 12.7. The molecule has 0 unspecified atom stereocenters. The van der Waals surface area contributed by atoms with Gasteiger partial charge in [0, 0.05) is 6.54 Å². The van der Waals surface area contributed by atoms with Crippen molar-refractivity contribution in [3.63, 3.8) is 0 Å². The number of rotatable bonds is 15. The van der Waals surface area contributed by atoms with E-state index in [9.17, 15) is 33.6 Å². The van der Waals surface area contributed by atoms with E-state index in [1.807, 2.05) is 27.7 Å². The number of hydrogen-bond donors (Lipinski definition) is 7. The summed E-state index contributed by atoms with van der Waals surface area (Å²) in [6.45, 7) is 7.57. The lowest BCUT2D eigenvalue weighted by molar-refractivity contribution is -0.140. The summed E-state index contributed by atoms with van der Waals surface area (Å²) in [5, 5.41) is 20.5. The zero-order chi connectivity index (χ0) is 30.6. The van der Waals surface area contributed by atoms with Crippen LogP contribution in [0.1, 0.15) is 53.9 Å². The molecule has 0 aromatic heterocycles. The molecule has 1 fully saturated rings. The van der Waals surface area contributed by atoms with Gasteiger partial charge < -0.3 is 42.3 Å². The predicted octanol–water partition coefficient (Wildman–Crippen LogP) is -2.57. The Kier molecular flexibility index (Phi) is 14.0. The molecule has 0 bridgehead atoms. The van der Waals surface area contributed by atoms with Gasteiger partial charge in [-0.3, -0.25) is 33.6 Å². The summed E-state index contributed by atoms with van der Waals surface area (Å²) in [5.74, 6) is -4.80. The first-order valence-electron chi connectivity index (χ1n) is 13.3. The number of carbonyl (C=O) groups excluding carboxylic acids is 6. The summed E-state index contributed by atoms with van der Waals surface area (Å²) in [6, 6.07) is -3.49. The molecule has 0 saturated carbocycles. The van der Waals surface area contributed by atoms with Gasteiger partial charge in [0.1, 0.15) is 24.7 Å². The van der Waals surface area contributed by atoms with Crippen LogP contribution in [0.5, 0.6) is 0 Å². The topological polar surface area (TPSA) is 229 Å². The van der Waals surface area contributed by atoms with Crippen molar-refractivity contribution >= 4 is 41.4 Å². The van der Waals surface area contributed by atoms with Gasteiger partial charge in [-0.05, 0) is 38.0 Å². The van der Waals surface area contributed by atoms with Gasteiger partial charge in [0.05, 0.1) is 19.1 Å². The Bertz CT molecular complexity index is 955. The minimum absolute atomic E-state index is 0.000598. The molecule has 0 spiro atoms. The van der Waals surface area contributed by atoms with Crippen LogP contribution in [0, 0.1) is 11.8 Å². The van der Waals surface area contributed by atoms with E-state index in [2.05, 4.69) is 26.6 Å². The number of nitrogens with two attached hydrogens (primary N) is 1. The number of nitrogens with zero attached hydrogens (tertiary/aromatic N) is 1. The minimum Gasteiger partial charge on any atom is -0.480 e. The molecule has 8 N–H and O–H groups in total. The number of carboxylic acid groups (broad SMARTS) is 1. The summed E-state index contributed by atoms with van der Waals surface area (Å²) in [7, 11) is 0. The number of carbonyl (C=O) groups is 7. The highest BCUT2D eigenvalue weighted by atomic mass is 16.4. The van der Waals surface area contributed by atoms with Crippen molar-refractivity contribution in [2.45, 2.75) is 78.0 Å². The summed E-state index contributed by atoms with van der Waals surface area (Å²) >= 11 is 0. The molecule has 226 valence electrons. The second kappa shape index (κ2) is 16.4. The first kappa shape index (κ1) is 34.3. The van der Waals surface area contributed by atoms with Crippen LogP contribution < -0.4 is 32.3 Å². The largest absolute Gasteiger partial charge is 0.480 e. The van der Waals surface area contributed by atoms with Gasteiger partial charge in [-0.15, -0.1) is 0 Å². The number of hydrogen-bond acceptors (Lipinski definition) is 8. The summed E-state index contributed by atoms with van der Waals surface area (Å²) in [6.07, 6.45) is 1.33. The third-order valence-corrected chi connectivity index (χ3v) is 6.23. The molecular formula is C25H43N7O8. The molecule has 0 aromatic rings. The van der Waals surface area contributed by atoms with E-state index in [0.29, 0.717) is 19.4 Å². The quantitative estimate of drug-likeness (QED) is 0.110. The molecule has 6 amide bonds. The van der Waals surface area contributed by atoms with Crippen molar-refractivity contribution < 1.29 is 38.7 Å². The molecular weight excluding hydrogens is 526 g/mol. The number of aliphatic carboxylic acids is 1. The molecule has 1 aliphatic rings. The molecule has 1 aliphatic heterocycles. The van der Waals surface area contributed by atoms with Crippen molar-refractivity contribution in [3.8, 4) is 0 Å². The van der Waals surface area contributed by atoms with Gasteiger partial charge >= 0.3 is 5.97 Å². The Hall–Kier alpha value is -3.75. The lowest BCUT2D eigenvalue weighted by Gasteiger charge is -2.28. The van der Waals surface area contributed by atoms with Crippen LogP contribution in [0.15, 0.2) is 0 Å². The number of likely N-dealkylation sites (tertiary alicyclic amines) is 1. The molecule has 0 aliphatic carbocycles. The fourth-order valence-corrected chi connectivity index (χ4v) is 3.98. The Balaban J connectivity index is 2.62. The van der Waals surface area contributed by atoms with Crippen molar-refractivity contribution in [3.05, 3.63) is 0 Å². The highest BCUT2D eigenvalue weighted by Crippen LogP contribution is 2.19. The van der Waals surface area contributed by atoms with Crippen LogP contribution >= 0.6 is 0 Å². The van der Waals surface area contributed by atoms with Crippen molar-refractivity contribution in [2.75, 3.05) is 26.2 Å². The predicted molar refractivity (Wildman–Crippen MR) is 143 cm³/mol. The van der Waals surface area contributed by atoms with Crippen LogP contribution in [0.2, 0.25) is 0 Å². The summed E-state index contributed by atoms with van der Waals surface area (Å²) in [4.78, 5) is 86.6. The molecule has 15 heteroatoms. The van der Waals surface area contributed by atoms with E-state index < -0.39 is 79.3 Å². The fraction of sp³-hybridized carbons (Fsp3) is 0.720. The van der Waals surface area contributed by atoms with Crippen LogP contribution in [-0.4, -0.2) is 102 Å². The fourth-order valence-electron chi connectivity index (χ4n) is 3.98. The first-order valence-corrected chi connectivity index (χ1v) is 13.3. The second-order valence-corrected chi connectivity index (χ2v) is 10.5. The molecule has 0 aromatic carbocycles. The van der Waals surface area contributed by atoms with E-state index >= 15 is 0 Å². The van der Waals surface area contributed by atoms with E-state index in [0.717, 1.165) is 0 Å². The van der Waals surface area contributed by atoms with Crippen molar-refractivity contribution in [2.24, 2.45) is 17.6 Å². The monoisotopic (exact) mass is 569 g/mol. The van der Waals surface area contributed by atoms with Crippen molar-refractivity contribution in [1.82, 2.24) is 31.5 Å². The van der Waals surface area contributed by atoms with Gasteiger partial charge in [-0.25, -0.2) is 0 Å². The van der Waals surface area contributed by atoms with E-state index in [1.54, 1.807) is 0 Å². The molecule has 15 nitrogen and oxygen atoms in total. The Morgan fingerprint density at radius 2 is 1.43 bits per heavy atom. The van der Waals surface area contributed by atoms with E-state index in [-0.39, 0.29) is 24.2 Å². The average Bonchev–Trinajstić information content (AvgIpc) is 3.37. The van der Waals surface area contributed by atoms with Crippen LogP contribution in [-0.2, 0) is 33.6 Å². The van der Waals surface area contributed by atoms with E-state index in [1.165, 1.54) is 11.8 Å². The van der Waals surface area contributed by atoms with Crippen LogP contribution in [0.3, 0.4) is 0 Å². The normalized spacial score (nSPS) is 17.0. The molecule has 1 rings (SSSR count). The minimum atomic E-state index is -1.24. The number of carboxylic acids is 1. The highest BCUT2D eigenvalue weighted by molar-refractivity contribution is 5.95. The van der Waals surface area contributed by atoms with Crippen molar-refractivity contribution in [1.29, 1.82) is 0 Å². The maximum atomic E-state index is 12.7. The number of amides is 6. The molecule has 0 radical (unpaired) electrons. The Morgan fingerprint density at radius 1 is 0.850 bits per heavy atom. The van der Waals surface area contributed by atoms with Crippen LogP contribution in [0.4, 0.5) is 0 Å². The highest BCUT2D eigenvalue weighted by Gasteiger charge is 2.37. The molecule has 1 saturated heterocycles. The van der Waals surface area contributed by atoms with Gasteiger partial charge in [0.15, 0.2) is 0 Å². The summed E-state index contributed by atoms with van der Waals surface area (Å²) < 4.78 is 0. The first-order chi connectivity index (χ1) is 18.6. The van der Waals surface area contributed by atoms with Gasteiger partial charge in [0.25, 0.3) is 0 Å². The summed E-state index contributed by atoms with van der Waals surface area (Å²) in [5.41, 5.74) is 5.96. The lowest BCUT2D eigenvalue weighted by Crippen LogP contribution is -2.55.